The van der Waals surface area contributed by atoms with E-state index in [0.29, 0.717) is 11.3 Å². The average Bonchev–Trinajstić information content (AvgIpc) is 2.56. The number of methoxy groups -OCH3 is 1. The molecule has 0 radical (unpaired) electrons. The highest BCUT2D eigenvalue weighted by atomic mass is 28.4. The number of ether oxygens (including phenoxy) is 1. The second-order valence-electron chi connectivity index (χ2n) is 9.02. The van der Waals surface area contributed by atoms with Gasteiger partial charge in [-0.3, -0.25) is 9.59 Å². The van der Waals surface area contributed by atoms with Crippen molar-refractivity contribution in [3.8, 4) is 5.75 Å². The molecule has 1 aliphatic heterocycles. The molecule has 0 unspecified atom stereocenters. The molecule has 1 fully saturated rings. The van der Waals surface area contributed by atoms with Crippen LogP contribution in [0.5, 0.6) is 5.75 Å². The number of carbonyl (C=O) groups is 2. The number of hydrogen-bond donors (Lipinski definition) is 1. The predicted octanol–water partition coefficient (Wildman–Crippen LogP) is 4.04. The van der Waals surface area contributed by atoms with Crippen LogP contribution in [0.4, 0.5) is 0 Å². The number of rotatable bonds is 7. The van der Waals surface area contributed by atoms with Crippen LogP contribution in [0.15, 0.2) is 24.3 Å². The fraction of sp³-hybridized carbons (Fsp3) is 0.619. The molecule has 0 aliphatic carbocycles. The second kappa shape index (κ2) is 7.76. The standard InChI is InChI=1S/C21H33NO4Si/c1-13(19(23)15-9-11-16(25-6)12-10-15)18-17(20(24)22-18)14(2)26-27(7,8)21(3,4)5/h9-14,17-18H,1-8H3,(H,22,24)/t13-,14-,17-,18-/m1/s1. The van der Waals surface area contributed by atoms with E-state index >= 15 is 0 Å². The van der Waals surface area contributed by atoms with Gasteiger partial charge in [-0.25, -0.2) is 0 Å². The van der Waals surface area contributed by atoms with Crippen molar-refractivity contribution in [1.82, 2.24) is 5.32 Å². The van der Waals surface area contributed by atoms with E-state index in [0.717, 1.165) is 0 Å². The van der Waals surface area contributed by atoms with Crippen molar-refractivity contribution in [2.24, 2.45) is 11.8 Å². The maximum atomic E-state index is 12.9. The molecule has 1 aliphatic rings. The monoisotopic (exact) mass is 391 g/mol. The SMILES string of the molecule is COc1ccc(C(=O)[C@H](C)[C@H]2NC(=O)[C@@H]2[C@@H](C)O[Si](C)(C)C(C)(C)C)cc1. The van der Waals surface area contributed by atoms with Gasteiger partial charge in [0.05, 0.1) is 25.2 Å². The summed E-state index contributed by atoms with van der Waals surface area (Å²) in [4.78, 5) is 25.1. The lowest BCUT2D eigenvalue weighted by Gasteiger charge is -2.46. The van der Waals surface area contributed by atoms with Gasteiger partial charge in [0.2, 0.25) is 5.91 Å². The number of nitrogens with one attached hydrogen (secondary N) is 1. The summed E-state index contributed by atoms with van der Waals surface area (Å²) in [5, 5.41) is 2.99. The summed E-state index contributed by atoms with van der Waals surface area (Å²) in [6.45, 7) is 14.7. The zero-order valence-electron chi connectivity index (χ0n) is 17.8. The Labute approximate surface area is 164 Å². The van der Waals surface area contributed by atoms with Gasteiger partial charge in [0, 0.05) is 11.5 Å². The van der Waals surface area contributed by atoms with Crippen molar-refractivity contribution in [1.29, 1.82) is 0 Å². The first kappa shape index (κ1) is 21.6. The maximum Gasteiger partial charge on any atom is 0.228 e. The van der Waals surface area contributed by atoms with E-state index in [4.69, 9.17) is 9.16 Å². The molecule has 0 aromatic heterocycles. The number of benzene rings is 1. The van der Waals surface area contributed by atoms with Crippen LogP contribution in [0.3, 0.4) is 0 Å². The summed E-state index contributed by atoms with van der Waals surface area (Å²) in [6.07, 6.45) is -0.212. The molecule has 1 aromatic rings. The van der Waals surface area contributed by atoms with Crippen LogP contribution >= 0.6 is 0 Å². The summed E-state index contributed by atoms with van der Waals surface area (Å²) in [7, 11) is -0.393. The van der Waals surface area contributed by atoms with E-state index in [1.54, 1.807) is 31.4 Å². The molecule has 2 rings (SSSR count). The van der Waals surface area contributed by atoms with E-state index < -0.39 is 8.32 Å². The Morgan fingerprint density at radius 1 is 1.15 bits per heavy atom. The Bertz CT molecular complexity index is 693. The smallest absolute Gasteiger partial charge is 0.228 e. The van der Waals surface area contributed by atoms with Gasteiger partial charge in [-0.15, -0.1) is 0 Å². The molecule has 1 aromatic carbocycles. The summed E-state index contributed by atoms with van der Waals surface area (Å²) >= 11 is 0. The first-order valence-corrected chi connectivity index (χ1v) is 12.5. The third-order valence-electron chi connectivity index (χ3n) is 6.12. The maximum absolute atomic E-state index is 12.9. The lowest BCUT2D eigenvalue weighted by Crippen LogP contribution is -2.66. The van der Waals surface area contributed by atoms with E-state index in [-0.39, 0.29) is 40.7 Å². The molecule has 4 atom stereocenters. The minimum Gasteiger partial charge on any atom is -0.497 e. The highest BCUT2D eigenvalue weighted by Crippen LogP contribution is 2.39. The molecule has 1 saturated heterocycles. The Morgan fingerprint density at radius 3 is 2.15 bits per heavy atom. The summed E-state index contributed by atoms with van der Waals surface area (Å²) in [5.41, 5.74) is 0.626. The molecular formula is C21H33NO4Si. The number of hydrogen-bond acceptors (Lipinski definition) is 4. The van der Waals surface area contributed by atoms with Crippen LogP contribution < -0.4 is 10.1 Å². The highest BCUT2D eigenvalue weighted by molar-refractivity contribution is 6.74. The number of carbonyl (C=O) groups excluding carboxylic acids is 2. The van der Waals surface area contributed by atoms with Crippen LogP contribution in [0, 0.1) is 11.8 Å². The van der Waals surface area contributed by atoms with Crippen molar-refractivity contribution in [3.05, 3.63) is 29.8 Å². The van der Waals surface area contributed by atoms with E-state index in [1.807, 2.05) is 13.8 Å². The van der Waals surface area contributed by atoms with Crippen molar-refractivity contribution in [2.45, 2.75) is 64.9 Å². The first-order chi connectivity index (χ1) is 12.4. The number of Topliss-reactive ketones (excluding diaryl/α,β-unsaturated/α-hetero) is 1. The van der Waals surface area contributed by atoms with Gasteiger partial charge in [-0.2, -0.15) is 0 Å². The minimum atomic E-state index is -1.99. The lowest BCUT2D eigenvalue weighted by molar-refractivity contribution is -0.141. The summed E-state index contributed by atoms with van der Waals surface area (Å²) < 4.78 is 11.6. The van der Waals surface area contributed by atoms with Gasteiger partial charge in [-0.1, -0.05) is 27.7 Å². The van der Waals surface area contributed by atoms with Crippen LogP contribution in [-0.2, 0) is 9.22 Å². The summed E-state index contributed by atoms with van der Waals surface area (Å²) in [6, 6.07) is 6.89. The van der Waals surface area contributed by atoms with Crippen LogP contribution in [0.2, 0.25) is 18.1 Å². The van der Waals surface area contributed by atoms with Crippen molar-refractivity contribution in [2.75, 3.05) is 7.11 Å². The molecule has 27 heavy (non-hydrogen) atoms. The molecule has 1 N–H and O–H groups in total. The molecule has 0 spiro atoms. The van der Waals surface area contributed by atoms with Gasteiger partial charge in [0.15, 0.2) is 14.1 Å². The van der Waals surface area contributed by atoms with E-state index in [9.17, 15) is 9.59 Å². The fourth-order valence-corrected chi connectivity index (χ4v) is 4.68. The Balaban J connectivity index is 2.11. The zero-order chi connectivity index (χ0) is 20.6. The molecule has 0 saturated carbocycles. The lowest BCUT2D eigenvalue weighted by atomic mass is 9.76. The Hall–Kier alpha value is -1.66. The average molecular weight is 392 g/mol. The van der Waals surface area contributed by atoms with Crippen LogP contribution in [0.25, 0.3) is 0 Å². The molecule has 5 nitrogen and oxygen atoms in total. The fourth-order valence-electron chi connectivity index (χ4n) is 3.25. The predicted molar refractivity (Wildman–Crippen MR) is 110 cm³/mol. The second-order valence-corrected chi connectivity index (χ2v) is 13.8. The van der Waals surface area contributed by atoms with Gasteiger partial charge >= 0.3 is 0 Å². The molecular weight excluding hydrogens is 358 g/mol. The molecule has 150 valence electrons. The molecule has 0 bridgehead atoms. The quantitative estimate of drug-likeness (QED) is 0.433. The topological polar surface area (TPSA) is 64.6 Å². The van der Waals surface area contributed by atoms with E-state index in [2.05, 4.69) is 39.2 Å². The normalized spacial score (nSPS) is 22.4. The van der Waals surface area contributed by atoms with Gasteiger partial charge < -0.3 is 14.5 Å². The Kier molecular flexibility index (Phi) is 6.22. The molecule has 6 heteroatoms. The molecule has 1 heterocycles. The third kappa shape index (κ3) is 4.43. The number of ketones is 1. The first-order valence-electron chi connectivity index (χ1n) is 9.55. The van der Waals surface area contributed by atoms with Crippen molar-refractivity contribution >= 4 is 20.0 Å². The van der Waals surface area contributed by atoms with Crippen molar-refractivity contribution < 1.29 is 18.8 Å². The number of β-lactam (4-membered cyclic amide) rings is 1. The largest absolute Gasteiger partial charge is 0.497 e. The van der Waals surface area contributed by atoms with Crippen molar-refractivity contribution in [3.63, 3.8) is 0 Å². The van der Waals surface area contributed by atoms with Gasteiger partial charge in [-0.05, 0) is 49.3 Å². The third-order valence-corrected chi connectivity index (χ3v) is 10.7. The van der Waals surface area contributed by atoms with Gasteiger partial charge in [0.1, 0.15) is 5.75 Å². The summed E-state index contributed by atoms with van der Waals surface area (Å²) in [5.74, 6) is 0.0982. The Morgan fingerprint density at radius 2 is 1.70 bits per heavy atom. The number of amides is 1. The van der Waals surface area contributed by atoms with Gasteiger partial charge in [0.25, 0.3) is 0 Å². The highest BCUT2D eigenvalue weighted by Gasteiger charge is 2.50. The zero-order valence-corrected chi connectivity index (χ0v) is 18.8. The van der Waals surface area contributed by atoms with Crippen LogP contribution in [-0.4, -0.2) is 39.3 Å². The van der Waals surface area contributed by atoms with E-state index in [1.165, 1.54) is 0 Å². The minimum absolute atomic E-state index is 0.0205. The van der Waals surface area contributed by atoms with Crippen LogP contribution in [0.1, 0.15) is 45.0 Å². The molecule has 1 amide bonds.